The molecule has 0 radical (unpaired) electrons. The summed E-state index contributed by atoms with van der Waals surface area (Å²) in [7, 11) is 3.17. The Morgan fingerprint density at radius 2 is 1.57 bits per heavy atom. The van der Waals surface area contributed by atoms with Crippen LogP contribution in [0.1, 0.15) is 71.1 Å². The number of nitrogens with zero attached hydrogens (tertiary/aromatic N) is 3. The van der Waals surface area contributed by atoms with Crippen LogP contribution in [-0.2, 0) is 11.2 Å². The van der Waals surface area contributed by atoms with Gasteiger partial charge >= 0.3 is 0 Å². The van der Waals surface area contributed by atoms with Crippen molar-refractivity contribution in [3.63, 3.8) is 0 Å². The van der Waals surface area contributed by atoms with Gasteiger partial charge in [0.1, 0.15) is 0 Å². The Labute approximate surface area is 219 Å². The molecular weight excluding hydrogens is 466 g/mol. The molecule has 4 aliphatic rings. The van der Waals surface area contributed by atoms with Crippen molar-refractivity contribution in [3.8, 4) is 11.5 Å². The van der Waals surface area contributed by atoms with Crippen molar-refractivity contribution < 1.29 is 19.1 Å². The zero-order valence-corrected chi connectivity index (χ0v) is 21.9. The molecule has 1 aliphatic carbocycles. The van der Waals surface area contributed by atoms with Crippen molar-refractivity contribution in [2.45, 2.75) is 56.5 Å². The summed E-state index contributed by atoms with van der Waals surface area (Å²) in [5.74, 6) is 0.650. The number of hydrogen-bond donors (Lipinski definition) is 0. The predicted octanol–water partition coefficient (Wildman–Crippen LogP) is 4.02. The molecule has 2 aromatic rings. The van der Waals surface area contributed by atoms with Gasteiger partial charge in [-0.05, 0) is 48.1 Å². The molecule has 2 fully saturated rings. The van der Waals surface area contributed by atoms with Crippen LogP contribution in [0.25, 0.3) is 0 Å². The van der Waals surface area contributed by atoms with E-state index in [4.69, 9.17) is 9.47 Å². The Bertz CT molecular complexity index is 1180. The van der Waals surface area contributed by atoms with Crippen LogP contribution in [0.2, 0.25) is 0 Å². The van der Waals surface area contributed by atoms with E-state index in [9.17, 15) is 9.59 Å². The van der Waals surface area contributed by atoms with Gasteiger partial charge in [-0.1, -0.05) is 43.5 Å². The first-order chi connectivity index (χ1) is 18.1. The van der Waals surface area contributed by atoms with Crippen LogP contribution in [0.5, 0.6) is 11.5 Å². The summed E-state index contributed by atoms with van der Waals surface area (Å²) in [5.41, 5.74) is 3.61. The molecule has 37 heavy (non-hydrogen) atoms. The predicted molar refractivity (Wildman–Crippen MR) is 141 cm³/mol. The van der Waals surface area contributed by atoms with E-state index >= 15 is 0 Å². The fourth-order valence-electron chi connectivity index (χ4n) is 7.07. The van der Waals surface area contributed by atoms with E-state index in [1.807, 2.05) is 28.0 Å². The summed E-state index contributed by atoms with van der Waals surface area (Å²) in [6.07, 6.45) is 7.34. The van der Waals surface area contributed by atoms with Crippen molar-refractivity contribution in [2.75, 3.05) is 46.9 Å². The summed E-state index contributed by atoms with van der Waals surface area (Å²) in [6.45, 7) is 3.92. The SMILES string of the molecule is COc1cc2c(cc1OC)[C@H](C(=O)N1CCN(C3CCCCC3)CC1)[C@H]1c3ccccc3CCN1C2=O. The van der Waals surface area contributed by atoms with Crippen LogP contribution < -0.4 is 9.47 Å². The zero-order chi connectivity index (χ0) is 25.5. The third-order valence-electron chi connectivity index (χ3n) is 9.01. The minimum atomic E-state index is -0.477. The Kier molecular flexibility index (Phi) is 6.57. The Morgan fingerprint density at radius 1 is 0.865 bits per heavy atom. The summed E-state index contributed by atoms with van der Waals surface area (Å²) >= 11 is 0. The van der Waals surface area contributed by atoms with Crippen molar-refractivity contribution in [1.29, 1.82) is 0 Å². The first-order valence-electron chi connectivity index (χ1n) is 13.8. The van der Waals surface area contributed by atoms with E-state index in [-0.39, 0.29) is 17.9 Å². The van der Waals surface area contributed by atoms with Gasteiger partial charge in [0.2, 0.25) is 5.91 Å². The van der Waals surface area contributed by atoms with Crippen molar-refractivity contribution in [3.05, 3.63) is 58.7 Å². The molecule has 2 aromatic carbocycles. The highest BCUT2D eigenvalue weighted by Crippen LogP contribution is 2.49. The zero-order valence-electron chi connectivity index (χ0n) is 21.9. The second-order valence-electron chi connectivity index (χ2n) is 10.8. The first kappa shape index (κ1) is 24.3. The number of methoxy groups -OCH3 is 2. The lowest BCUT2D eigenvalue weighted by atomic mass is 9.75. The average molecular weight is 504 g/mol. The van der Waals surface area contributed by atoms with Crippen molar-refractivity contribution in [2.24, 2.45) is 0 Å². The maximum atomic E-state index is 14.4. The number of carbonyl (C=O) groups excluding carboxylic acids is 2. The number of rotatable bonds is 4. The molecule has 1 saturated heterocycles. The number of benzene rings is 2. The lowest BCUT2D eigenvalue weighted by Crippen LogP contribution is -2.56. The number of carbonyl (C=O) groups is 2. The van der Waals surface area contributed by atoms with Crippen LogP contribution in [-0.4, -0.2) is 79.5 Å². The Morgan fingerprint density at radius 3 is 2.30 bits per heavy atom. The topological polar surface area (TPSA) is 62.3 Å². The van der Waals surface area contributed by atoms with Gasteiger partial charge < -0.3 is 19.3 Å². The molecule has 196 valence electrons. The molecule has 3 heterocycles. The summed E-state index contributed by atoms with van der Waals surface area (Å²) < 4.78 is 11.1. The fraction of sp³-hybridized carbons (Fsp3) is 0.533. The van der Waals surface area contributed by atoms with E-state index < -0.39 is 5.92 Å². The molecular formula is C30H37N3O4. The van der Waals surface area contributed by atoms with Gasteiger partial charge in [0, 0.05) is 44.3 Å². The first-order valence-corrected chi connectivity index (χ1v) is 13.8. The van der Waals surface area contributed by atoms with Gasteiger partial charge in [0.15, 0.2) is 11.5 Å². The van der Waals surface area contributed by atoms with Gasteiger partial charge in [0.05, 0.1) is 26.2 Å². The summed E-state index contributed by atoms with van der Waals surface area (Å²) in [6, 6.07) is 12.3. The van der Waals surface area contributed by atoms with Gasteiger partial charge in [-0.15, -0.1) is 0 Å². The largest absolute Gasteiger partial charge is 0.493 e. The monoisotopic (exact) mass is 503 g/mol. The van der Waals surface area contributed by atoms with E-state index in [2.05, 4.69) is 17.0 Å². The maximum Gasteiger partial charge on any atom is 0.254 e. The molecule has 0 unspecified atom stereocenters. The highest BCUT2D eigenvalue weighted by molar-refractivity contribution is 6.02. The van der Waals surface area contributed by atoms with Crippen LogP contribution in [0.3, 0.4) is 0 Å². The lowest BCUT2D eigenvalue weighted by molar-refractivity contribution is -0.137. The fourth-order valence-corrected chi connectivity index (χ4v) is 7.07. The quantitative estimate of drug-likeness (QED) is 0.631. The number of fused-ring (bicyclic) bond motifs is 4. The molecule has 7 heteroatoms. The van der Waals surface area contributed by atoms with E-state index in [0.717, 1.165) is 43.7 Å². The normalized spacial score (nSPS) is 24.2. The van der Waals surface area contributed by atoms with Gasteiger partial charge in [-0.3, -0.25) is 14.5 Å². The number of ether oxygens (including phenoxy) is 2. The molecule has 1 saturated carbocycles. The van der Waals surface area contributed by atoms with E-state index in [1.165, 1.54) is 37.7 Å². The number of piperazine rings is 1. The standard InChI is InChI=1S/C30H37N3O4/c1-36-25-18-23-24(19-26(25)37-2)29(34)33-13-12-20-8-6-7-11-22(20)28(33)27(23)30(35)32-16-14-31(15-17-32)21-9-4-3-5-10-21/h6-8,11,18-19,21,27-28H,3-5,9-10,12-17H2,1-2H3/t27-,28+/m0/s1. The number of amides is 2. The minimum absolute atomic E-state index is 0.0402. The van der Waals surface area contributed by atoms with Crippen molar-refractivity contribution in [1.82, 2.24) is 14.7 Å². The highest BCUT2D eigenvalue weighted by atomic mass is 16.5. The van der Waals surface area contributed by atoms with Crippen LogP contribution in [0.15, 0.2) is 36.4 Å². The molecule has 2 amide bonds. The molecule has 7 nitrogen and oxygen atoms in total. The van der Waals surface area contributed by atoms with Crippen LogP contribution >= 0.6 is 0 Å². The maximum absolute atomic E-state index is 14.4. The van der Waals surface area contributed by atoms with Crippen LogP contribution in [0, 0.1) is 0 Å². The molecule has 0 spiro atoms. The number of hydrogen-bond acceptors (Lipinski definition) is 5. The Hall–Kier alpha value is -3.06. The van der Waals surface area contributed by atoms with Crippen molar-refractivity contribution >= 4 is 11.8 Å². The van der Waals surface area contributed by atoms with Crippen LogP contribution in [0.4, 0.5) is 0 Å². The molecule has 6 rings (SSSR count). The van der Waals surface area contributed by atoms with E-state index in [0.29, 0.717) is 29.6 Å². The lowest BCUT2D eigenvalue weighted by Gasteiger charge is -2.47. The highest BCUT2D eigenvalue weighted by Gasteiger charge is 2.48. The second-order valence-corrected chi connectivity index (χ2v) is 10.8. The third-order valence-corrected chi connectivity index (χ3v) is 9.01. The second kappa shape index (κ2) is 10.0. The third kappa shape index (κ3) is 4.17. The van der Waals surface area contributed by atoms with Gasteiger partial charge in [-0.2, -0.15) is 0 Å². The minimum Gasteiger partial charge on any atom is -0.493 e. The summed E-state index contributed by atoms with van der Waals surface area (Å²) in [4.78, 5) is 34.8. The Balaban J connectivity index is 1.37. The molecule has 2 atom stereocenters. The van der Waals surface area contributed by atoms with Gasteiger partial charge in [0.25, 0.3) is 5.91 Å². The molecule has 0 aromatic heterocycles. The molecule has 3 aliphatic heterocycles. The van der Waals surface area contributed by atoms with Gasteiger partial charge in [-0.25, -0.2) is 0 Å². The average Bonchev–Trinajstić information content (AvgIpc) is 2.97. The van der Waals surface area contributed by atoms with E-state index in [1.54, 1.807) is 20.3 Å². The molecule has 0 N–H and O–H groups in total. The smallest absolute Gasteiger partial charge is 0.254 e. The molecule has 0 bridgehead atoms. The summed E-state index contributed by atoms with van der Waals surface area (Å²) in [5, 5.41) is 0.